The summed E-state index contributed by atoms with van der Waals surface area (Å²) in [6, 6.07) is 0. The van der Waals surface area contributed by atoms with Gasteiger partial charge >= 0.3 is 0 Å². The fraction of sp³-hybridized carbons (Fsp3) is 0.429. The number of aliphatic hydroxyl groups excluding tert-OH is 1. The summed E-state index contributed by atoms with van der Waals surface area (Å²) in [5, 5.41) is 12.0. The van der Waals surface area contributed by atoms with Gasteiger partial charge in [-0.1, -0.05) is 0 Å². The van der Waals surface area contributed by atoms with Gasteiger partial charge in [0.15, 0.2) is 0 Å². The summed E-state index contributed by atoms with van der Waals surface area (Å²) in [4.78, 5) is 7.86. The predicted octanol–water partition coefficient (Wildman–Crippen LogP) is 0.874. The summed E-state index contributed by atoms with van der Waals surface area (Å²) < 4.78 is 0.954. The largest absolute Gasteiger partial charge is 0.392 e. The van der Waals surface area contributed by atoms with E-state index < -0.39 is 0 Å². The Morgan fingerprint density at radius 3 is 3.08 bits per heavy atom. The van der Waals surface area contributed by atoms with E-state index in [1.54, 1.807) is 13.1 Å². The third kappa shape index (κ3) is 2.90. The van der Waals surface area contributed by atoms with Crippen molar-refractivity contribution in [1.82, 2.24) is 9.97 Å². The maximum atomic E-state index is 9.00. The summed E-state index contributed by atoms with van der Waals surface area (Å²) in [6.07, 6.45) is 2.83. The summed E-state index contributed by atoms with van der Waals surface area (Å²) >= 11 is 2.14. The molecule has 2 N–H and O–H groups in total. The molecule has 1 heterocycles. The Morgan fingerprint density at radius 2 is 2.50 bits per heavy atom. The second kappa shape index (κ2) is 4.56. The van der Waals surface area contributed by atoms with Crippen molar-refractivity contribution in [3.63, 3.8) is 0 Å². The van der Waals surface area contributed by atoms with Crippen molar-refractivity contribution >= 4 is 28.4 Å². The minimum atomic E-state index is -0.365. The van der Waals surface area contributed by atoms with E-state index in [1.807, 2.05) is 0 Å². The van der Waals surface area contributed by atoms with Crippen molar-refractivity contribution in [1.29, 1.82) is 0 Å². The lowest BCUT2D eigenvalue weighted by molar-refractivity contribution is 0.208. The van der Waals surface area contributed by atoms with Crippen molar-refractivity contribution in [2.75, 3.05) is 11.9 Å². The number of hydrogen-bond acceptors (Lipinski definition) is 4. The molecule has 1 rings (SSSR count). The van der Waals surface area contributed by atoms with Crippen LogP contribution in [-0.4, -0.2) is 27.7 Å². The molecule has 1 aromatic rings. The Morgan fingerprint density at radius 1 is 1.75 bits per heavy atom. The molecule has 0 saturated heterocycles. The molecule has 5 heteroatoms. The van der Waals surface area contributed by atoms with Gasteiger partial charge in [-0.25, -0.2) is 9.97 Å². The summed E-state index contributed by atoms with van der Waals surface area (Å²) in [6.45, 7) is 2.23. The summed E-state index contributed by atoms with van der Waals surface area (Å²) in [5.41, 5.74) is 0. The average molecular weight is 279 g/mol. The van der Waals surface area contributed by atoms with E-state index in [4.69, 9.17) is 5.11 Å². The number of halogens is 1. The minimum absolute atomic E-state index is 0.365. The molecule has 0 aliphatic rings. The van der Waals surface area contributed by atoms with Crippen LogP contribution in [0.5, 0.6) is 0 Å². The van der Waals surface area contributed by atoms with Gasteiger partial charge in [-0.2, -0.15) is 0 Å². The van der Waals surface area contributed by atoms with Gasteiger partial charge in [-0.15, -0.1) is 0 Å². The first-order chi connectivity index (χ1) is 5.70. The summed E-state index contributed by atoms with van der Waals surface area (Å²) in [5.74, 6) is 0.770. The molecular formula is C7H10IN3O. The minimum Gasteiger partial charge on any atom is -0.392 e. The van der Waals surface area contributed by atoms with E-state index in [0.717, 1.165) is 9.39 Å². The lowest BCUT2D eigenvalue weighted by atomic mass is 10.4. The molecule has 1 aromatic heterocycles. The molecule has 0 aliphatic heterocycles. The van der Waals surface area contributed by atoms with Crippen LogP contribution in [0, 0.1) is 3.57 Å². The molecule has 0 amide bonds. The predicted molar refractivity (Wildman–Crippen MR) is 54.9 cm³/mol. The monoisotopic (exact) mass is 279 g/mol. The molecule has 1 atom stereocenters. The first-order valence-electron chi connectivity index (χ1n) is 3.57. The van der Waals surface area contributed by atoms with Crippen LogP contribution < -0.4 is 5.32 Å². The Hall–Kier alpha value is -0.430. The smallest absolute Gasteiger partial charge is 0.142 e. The van der Waals surface area contributed by atoms with E-state index >= 15 is 0 Å². The fourth-order valence-electron chi connectivity index (χ4n) is 0.687. The fourth-order valence-corrected chi connectivity index (χ4v) is 1.18. The molecule has 66 valence electrons. The third-order valence-electron chi connectivity index (χ3n) is 1.23. The maximum absolute atomic E-state index is 9.00. The highest BCUT2D eigenvalue weighted by Crippen LogP contribution is 2.11. The second-order valence-electron chi connectivity index (χ2n) is 2.45. The quantitative estimate of drug-likeness (QED) is 0.806. The molecule has 0 aliphatic carbocycles. The molecule has 0 aromatic carbocycles. The molecule has 0 bridgehead atoms. The van der Waals surface area contributed by atoms with Crippen molar-refractivity contribution in [3.05, 3.63) is 16.1 Å². The Balaban J connectivity index is 2.57. The summed E-state index contributed by atoms with van der Waals surface area (Å²) in [7, 11) is 0. The Bertz CT molecular complexity index is 254. The number of rotatable bonds is 3. The zero-order valence-electron chi connectivity index (χ0n) is 6.66. The van der Waals surface area contributed by atoms with Crippen LogP contribution >= 0.6 is 22.6 Å². The van der Waals surface area contributed by atoms with E-state index in [2.05, 4.69) is 37.9 Å². The lowest BCUT2D eigenvalue weighted by Gasteiger charge is -2.07. The zero-order chi connectivity index (χ0) is 8.97. The normalized spacial score (nSPS) is 12.6. The van der Waals surface area contributed by atoms with Crippen LogP contribution in [0.4, 0.5) is 5.82 Å². The highest BCUT2D eigenvalue weighted by Gasteiger charge is 2.00. The van der Waals surface area contributed by atoms with Crippen LogP contribution in [0.1, 0.15) is 6.92 Å². The van der Waals surface area contributed by atoms with E-state index in [1.165, 1.54) is 6.33 Å². The average Bonchev–Trinajstić information content (AvgIpc) is 2.03. The van der Waals surface area contributed by atoms with Crippen LogP contribution in [0.2, 0.25) is 0 Å². The number of hydrogen-bond donors (Lipinski definition) is 2. The highest BCUT2D eigenvalue weighted by atomic mass is 127. The van der Waals surface area contributed by atoms with Gasteiger partial charge in [-0.3, -0.25) is 0 Å². The van der Waals surface area contributed by atoms with Crippen molar-refractivity contribution < 1.29 is 5.11 Å². The third-order valence-corrected chi connectivity index (χ3v) is 2.02. The van der Waals surface area contributed by atoms with E-state index in [9.17, 15) is 0 Å². The SMILES string of the molecule is CC(O)CNc1ncncc1I. The van der Waals surface area contributed by atoms with Crippen molar-refractivity contribution in [2.45, 2.75) is 13.0 Å². The second-order valence-corrected chi connectivity index (χ2v) is 3.61. The van der Waals surface area contributed by atoms with E-state index in [0.29, 0.717) is 6.54 Å². The topological polar surface area (TPSA) is 58.0 Å². The first kappa shape index (κ1) is 9.66. The van der Waals surface area contributed by atoms with Crippen LogP contribution in [-0.2, 0) is 0 Å². The first-order valence-corrected chi connectivity index (χ1v) is 4.65. The number of aliphatic hydroxyl groups is 1. The van der Waals surface area contributed by atoms with Crippen LogP contribution in [0.25, 0.3) is 0 Å². The molecule has 4 nitrogen and oxygen atoms in total. The van der Waals surface area contributed by atoms with Gasteiger partial charge in [0, 0.05) is 12.7 Å². The molecule has 1 unspecified atom stereocenters. The van der Waals surface area contributed by atoms with Crippen LogP contribution in [0.3, 0.4) is 0 Å². The molecule has 0 radical (unpaired) electrons. The van der Waals surface area contributed by atoms with Gasteiger partial charge in [0.2, 0.25) is 0 Å². The van der Waals surface area contributed by atoms with Crippen LogP contribution in [0.15, 0.2) is 12.5 Å². The molecule has 12 heavy (non-hydrogen) atoms. The Labute approximate surface area is 84.6 Å². The zero-order valence-corrected chi connectivity index (χ0v) is 8.82. The van der Waals surface area contributed by atoms with E-state index in [-0.39, 0.29) is 6.10 Å². The van der Waals surface area contributed by atoms with Gasteiger partial charge in [0.1, 0.15) is 12.1 Å². The molecule has 0 saturated carbocycles. The Kier molecular flexibility index (Phi) is 3.67. The number of anilines is 1. The van der Waals surface area contributed by atoms with Gasteiger partial charge in [0.25, 0.3) is 0 Å². The van der Waals surface area contributed by atoms with Gasteiger partial charge in [0.05, 0.1) is 9.67 Å². The molecule has 0 spiro atoms. The maximum Gasteiger partial charge on any atom is 0.142 e. The number of aromatic nitrogens is 2. The number of nitrogens with one attached hydrogen (secondary N) is 1. The highest BCUT2D eigenvalue weighted by molar-refractivity contribution is 14.1. The molecular weight excluding hydrogens is 269 g/mol. The van der Waals surface area contributed by atoms with Gasteiger partial charge in [-0.05, 0) is 29.5 Å². The van der Waals surface area contributed by atoms with Crippen molar-refractivity contribution in [3.8, 4) is 0 Å². The lowest BCUT2D eigenvalue weighted by Crippen LogP contribution is -2.16. The standard InChI is InChI=1S/C7H10IN3O/c1-5(12)2-10-7-6(8)3-9-4-11-7/h3-5,12H,2H2,1H3,(H,9,10,11). The van der Waals surface area contributed by atoms with Gasteiger partial charge < -0.3 is 10.4 Å². The molecule has 0 fully saturated rings. The van der Waals surface area contributed by atoms with Crippen molar-refractivity contribution in [2.24, 2.45) is 0 Å². The number of nitrogens with zero attached hydrogens (tertiary/aromatic N) is 2.